The zero-order chi connectivity index (χ0) is 13.9. The van der Waals surface area contributed by atoms with Gasteiger partial charge in [0.25, 0.3) is 0 Å². The fourth-order valence-corrected chi connectivity index (χ4v) is 1.68. The van der Waals surface area contributed by atoms with Crippen molar-refractivity contribution in [2.24, 2.45) is 0 Å². The molecule has 17 heavy (non-hydrogen) atoms. The lowest BCUT2D eigenvalue weighted by atomic mass is 9.93. The van der Waals surface area contributed by atoms with E-state index in [2.05, 4.69) is 0 Å². The molecule has 5 atom stereocenters. The van der Waals surface area contributed by atoms with E-state index in [0.29, 0.717) is 0 Å². The Bertz CT molecular complexity index is 296. The summed E-state index contributed by atoms with van der Waals surface area (Å²) in [7, 11) is 0. The summed E-state index contributed by atoms with van der Waals surface area (Å²) in [5.74, 6) is -2.81. The summed E-state index contributed by atoms with van der Waals surface area (Å²) < 4.78 is 16.6. The van der Waals surface area contributed by atoms with Crippen LogP contribution in [0.25, 0.3) is 0 Å². The van der Waals surface area contributed by atoms with Gasteiger partial charge >= 0.3 is 5.97 Å². The maximum Gasteiger partial charge on any atom is 0.306 e. The summed E-state index contributed by atoms with van der Waals surface area (Å²) in [5, 5.41) is 38.2. The summed E-state index contributed by atoms with van der Waals surface area (Å²) >= 11 is 0. The molecular formula is C10H18O7. The number of aliphatic hydroxyl groups is 4. The van der Waals surface area contributed by atoms with Crippen LogP contribution < -0.4 is 0 Å². The molecule has 0 aliphatic carbocycles. The minimum atomic E-state index is -2.02. The first kappa shape index (κ1) is 12.7. The molecule has 1 heterocycles. The molecule has 4 N–H and O–H groups in total. The minimum absolute atomic E-state index is 0.188. The molecule has 1 aliphatic heterocycles. The third-order valence-corrected chi connectivity index (χ3v) is 2.60. The highest BCUT2D eigenvalue weighted by atomic mass is 16.7. The number of rotatable bonds is 3. The lowest BCUT2D eigenvalue weighted by molar-refractivity contribution is -0.342. The number of carbonyl (C=O) groups is 1. The number of esters is 1. The Balaban J connectivity index is 2.79. The summed E-state index contributed by atoms with van der Waals surface area (Å²) in [6, 6.07) is 0. The van der Waals surface area contributed by atoms with E-state index >= 15 is 0 Å². The Morgan fingerprint density at radius 2 is 2.18 bits per heavy atom. The summed E-state index contributed by atoms with van der Waals surface area (Å²) in [6.07, 6.45) is -5.90. The van der Waals surface area contributed by atoms with Gasteiger partial charge in [-0.05, 0) is 6.92 Å². The molecule has 0 amide bonds. The predicted molar refractivity (Wildman–Crippen MR) is 54.8 cm³/mol. The van der Waals surface area contributed by atoms with E-state index in [4.69, 9.17) is 16.0 Å². The molecule has 0 aromatic carbocycles. The van der Waals surface area contributed by atoms with E-state index in [1.807, 2.05) is 0 Å². The monoisotopic (exact) mass is 251 g/mol. The van der Waals surface area contributed by atoms with Crippen molar-refractivity contribution < 1.29 is 36.1 Å². The van der Waals surface area contributed by atoms with Crippen molar-refractivity contribution >= 4 is 5.97 Å². The molecule has 7 heteroatoms. The van der Waals surface area contributed by atoms with Crippen molar-refractivity contribution in [1.29, 1.82) is 0 Å². The molecule has 0 radical (unpaired) electrons. The third kappa shape index (κ3) is 2.93. The van der Waals surface area contributed by atoms with Crippen LogP contribution in [0.4, 0.5) is 0 Å². The van der Waals surface area contributed by atoms with E-state index in [-0.39, 0.29) is 13.3 Å². The van der Waals surface area contributed by atoms with Crippen LogP contribution in [-0.2, 0) is 14.3 Å². The van der Waals surface area contributed by atoms with Crippen molar-refractivity contribution in [2.45, 2.75) is 50.4 Å². The van der Waals surface area contributed by atoms with Crippen LogP contribution in [0.5, 0.6) is 0 Å². The van der Waals surface area contributed by atoms with Gasteiger partial charge < -0.3 is 29.9 Å². The van der Waals surface area contributed by atoms with Gasteiger partial charge in [0.15, 0.2) is 6.10 Å². The van der Waals surface area contributed by atoms with Gasteiger partial charge in [-0.3, -0.25) is 4.79 Å². The Morgan fingerprint density at radius 1 is 1.53 bits per heavy atom. The van der Waals surface area contributed by atoms with Gasteiger partial charge in [0.05, 0.1) is 6.61 Å². The first-order valence-electron chi connectivity index (χ1n) is 5.90. The first-order valence-corrected chi connectivity index (χ1v) is 5.19. The van der Waals surface area contributed by atoms with E-state index in [0.717, 1.165) is 6.92 Å². The van der Waals surface area contributed by atoms with Gasteiger partial charge in [-0.1, -0.05) is 6.90 Å². The highest BCUT2D eigenvalue weighted by molar-refractivity contribution is 5.69. The average molecular weight is 251 g/mol. The van der Waals surface area contributed by atoms with Gasteiger partial charge in [-0.2, -0.15) is 0 Å². The van der Waals surface area contributed by atoms with Gasteiger partial charge in [0.1, 0.15) is 18.3 Å². The van der Waals surface area contributed by atoms with Crippen molar-refractivity contribution in [3.05, 3.63) is 0 Å². The quantitative estimate of drug-likeness (QED) is 0.434. The van der Waals surface area contributed by atoms with Crippen LogP contribution in [0.3, 0.4) is 0 Å². The molecular weight excluding hydrogens is 232 g/mol. The maximum absolute atomic E-state index is 11.3. The van der Waals surface area contributed by atoms with E-state index in [9.17, 15) is 20.1 Å². The van der Waals surface area contributed by atoms with E-state index in [1.165, 1.54) is 0 Å². The van der Waals surface area contributed by atoms with Gasteiger partial charge in [0.2, 0.25) is 5.79 Å². The maximum atomic E-state index is 11.3. The molecule has 1 saturated heterocycles. The molecule has 0 aromatic heterocycles. The Hall–Kier alpha value is -0.730. The molecule has 0 bridgehead atoms. The van der Waals surface area contributed by atoms with Gasteiger partial charge in [-0.25, -0.2) is 0 Å². The van der Waals surface area contributed by atoms with Gasteiger partial charge in [0, 0.05) is 7.79 Å². The Labute approximate surface area is 100.0 Å². The number of carbonyl (C=O) groups excluding carboxylic acids is 1. The van der Waals surface area contributed by atoms with Crippen molar-refractivity contribution in [2.75, 3.05) is 6.61 Å². The number of hydrogen-bond acceptors (Lipinski definition) is 7. The normalized spacial score (nSPS) is 43.0. The number of hydrogen-bond donors (Lipinski definition) is 4. The summed E-state index contributed by atoms with van der Waals surface area (Å²) in [5.41, 5.74) is 0. The van der Waals surface area contributed by atoms with Crippen LogP contribution in [0.1, 0.15) is 21.6 Å². The molecule has 1 unspecified atom stereocenters. The fourth-order valence-electron chi connectivity index (χ4n) is 1.68. The first-order chi connectivity index (χ1) is 8.33. The zero-order valence-electron chi connectivity index (χ0n) is 10.4. The van der Waals surface area contributed by atoms with Crippen molar-refractivity contribution in [3.63, 3.8) is 0 Å². The molecule has 0 spiro atoms. The zero-order valence-corrected chi connectivity index (χ0v) is 9.44. The lowest BCUT2D eigenvalue weighted by Crippen LogP contribution is -2.65. The second kappa shape index (κ2) is 5.28. The highest BCUT2D eigenvalue weighted by Gasteiger charge is 2.52. The lowest BCUT2D eigenvalue weighted by Gasteiger charge is -2.45. The van der Waals surface area contributed by atoms with Crippen LogP contribution in [0.2, 0.25) is 0 Å². The second-order valence-corrected chi connectivity index (χ2v) is 4.04. The van der Waals surface area contributed by atoms with Crippen molar-refractivity contribution in [1.82, 2.24) is 0 Å². The SMILES string of the molecule is [2H]CCC(=O)O[C@@H]1[C@@H](O)[C@H](O)[C@@H](CO)OC1(C)O. The highest BCUT2D eigenvalue weighted by Crippen LogP contribution is 2.30. The molecule has 1 fully saturated rings. The summed E-state index contributed by atoms with van der Waals surface area (Å²) in [6.45, 7) is 0.373. The number of ether oxygens (including phenoxy) is 2. The molecule has 0 aromatic rings. The molecule has 1 rings (SSSR count). The Morgan fingerprint density at radius 3 is 2.71 bits per heavy atom. The largest absolute Gasteiger partial charge is 0.454 e. The van der Waals surface area contributed by atoms with E-state index < -0.39 is 42.8 Å². The standard InChI is InChI=1S/C10H18O7/c1-3-6(12)16-9-8(14)7(13)5(4-11)17-10(9,2)15/h5,7-9,11,13-15H,3-4H2,1-2H3/t5-,7-,8+,9-,10?/m1/s1/i1D. The average Bonchev–Trinajstić information content (AvgIpc) is 2.30. The Kier molecular flexibility index (Phi) is 3.95. The topological polar surface area (TPSA) is 116 Å². The van der Waals surface area contributed by atoms with Gasteiger partial charge in [-0.15, -0.1) is 0 Å². The van der Waals surface area contributed by atoms with Crippen molar-refractivity contribution in [3.8, 4) is 0 Å². The van der Waals surface area contributed by atoms with Crippen LogP contribution in [0, 0.1) is 0 Å². The predicted octanol–water partition coefficient (Wildman–Crippen LogP) is -1.87. The molecule has 1 aliphatic rings. The molecule has 0 saturated carbocycles. The second-order valence-electron chi connectivity index (χ2n) is 4.04. The summed E-state index contributed by atoms with van der Waals surface area (Å²) in [4.78, 5) is 11.3. The molecule has 100 valence electrons. The number of aliphatic hydroxyl groups excluding tert-OH is 3. The van der Waals surface area contributed by atoms with E-state index in [1.54, 1.807) is 0 Å². The van der Waals surface area contributed by atoms with Crippen LogP contribution in [-0.4, -0.2) is 63.2 Å². The smallest absolute Gasteiger partial charge is 0.306 e. The van der Waals surface area contributed by atoms with Crippen LogP contribution in [0.15, 0.2) is 0 Å². The molecule has 7 nitrogen and oxygen atoms in total. The third-order valence-electron chi connectivity index (χ3n) is 2.60. The van der Waals surface area contributed by atoms with Crippen LogP contribution >= 0.6 is 0 Å². The minimum Gasteiger partial charge on any atom is -0.454 e. The fraction of sp³-hybridized carbons (Fsp3) is 0.900.